The Kier molecular flexibility index (Phi) is 5.46. The molecule has 0 bridgehead atoms. The molecule has 0 aliphatic carbocycles. The van der Waals surface area contributed by atoms with E-state index in [0.717, 1.165) is 11.3 Å². The summed E-state index contributed by atoms with van der Waals surface area (Å²) in [5.74, 6) is 0.727. The monoisotopic (exact) mass is 374 g/mol. The summed E-state index contributed by atoms with van der Waals surface area (Å²) in [4.78, 5) is 12.2. The zero-order chi connectivity index (χ0) is 18.6. The Morgan fingerprint density at radius 2 is 1.81 bits per heavy atom. The molecule has 2 aromatic carbocycles. The molecule has 1 saturated heterocycles. The lowest BCUT2D eigenvalue weighted by atomic mass is 10.2. The number of carbonyl (C=O) groups excluding carboxylic acids is 1. The van der Waals surface area contributed by atoms with Crippen LogP contribution in [0.15, 0.2) is 48.5 Å². The Morgan fingerprint density at radius 1 is 1.12 bits per heavy atom. The molecule has 1 aliphatic heterocycles. The smallest absolute Gasteiger partial charge is 0.251 e. The van der Waals surface area contributed by atoms with Gasteiger partial charge < -0.3 is 10.1 Å². The van der Waals surface area contributed by atoms with Gasteiger partial charge in [-0.25, -0.2) is 8.42 Å². The molecule has 0 saturated carbocycles. The van der Waals surface area contributed by atoms with Gasteiger partial charge in [-0.1, -0.05) is 17.7 Å². The fourth-order valence-electron chi connectivity index (χ4n) is 2.78. The first kappa shape index (κ1) is 18.3. The molecule has 3 rings (SSSR count). The third-order valence-corrected chi connectivity index (χ3v) is 6.06. The minimum absolute atomic E-state index is 0.177. The van der Waals surface area contributed by atoms with E-state index in [1.54, 1.807) is 24.3 Å². The maximum absolute atomic E-state index is 12.2. The molecule has 6 nitrogen and oxygen atoms in total. The zero-order valence-electron chi connectivity index (χ0n) is 14.6. The van der Waals surface area contributed by atoms with Gasteiger partial charge in [-0.3, -0.25) is 9.10 Å². The van der Waals surface area contributed by atoms with Gasteiger partial charge in [0.2, 0.25) is 10.0 Å². The first-order valence-electron chi connectivity index (χ1n) is 8.54. The maximum Gasteiger partial charge on any atom is 0.251 e. The average molecular weight is 374 g/mol. The van der Waals surface area contributed by atoms with Gasteiger partial charge in [-0.05, 0) is 49.7 Å². The van der Waals surface area contributed by atoms with Crippen molar-refractivity contribution in [1.29, 1.82) is 0 Å². The molecule has 1 aliphatic rings. The summed E-state index contributed by atoms with van der Waals surface area (Å²) in [6.45, 7) is 3.26. The van der Waals surface area contributed by atoms with Gasteiger partial charge in [0.05, 0.1) is 18.0 Å². The molecule has 0 unspecified atom stereocenters. The second-order valence-electron chi connectivity index (χ2n) is 6.21. The third-order valence-electron chi connectivity index (χ3n) is 4.19. The van der Waals surface area contributed by atoms with Crippen molar-refractivity contribution < 1.29 is 17.9 Å². The number of sulfonamides is 1. The number of ether oxygens (including phenoxy) is 1. The number of carbonyl (C=O) groups is 1. The summed E-state index contributed by atoms with van der Waals surface area (Å²) in [6.07, 6.45) is 0.631. The first-order chi connectivity index (χ1) is 12.5. The van der Waals surface area contributed by atoms with Gasteiger partial charge in [-0.2, -0.15) is 0 Å². The number of hydrogen-bond donors (Lipinski definition) is 1. The van der Waals surface area contributed by atoms with Gasteiger partial charge in [0.1, 0.15) is 12.4 Å². The number of benzene rings is 2. The van der Waals surface area contributed by atoms with Crippen LogP contribution >= 0.6 is 0 Å². The standard InChI is InChI=1S/C19H22N2O4S/c1-15-3-9-18(10-4-15)25-13-11-20-19(22)16-5-7-17(8-6-16)21-12-2-14-26(21,23)24/h3-10H,2,11-14H2,1H3,(H,20,22). The summed E-state index contributed by atoms with van der Waals surface area (Å²) < 4.78 is 30.8. The van der Waals surface area contributed by atoms with Crippen molar-refractivity contribution in [3.8, 4) is 5.75 Å². The predicted octanol–water partition coefficient (Wildman–Crippen LogP) is 2.34. The Balaban J connectivity index is 1.49. The maximum atomic E-state index is 12.2. The highest BCUT2D eigenvalue weighted by Crippen LogP contribution is 2.24. The molecule has 1 N–H and O–H groups in total. The Morgan fingerprint density at radius 3 is 2.42 bits per heavy atom. The van der Waals surface area contributed by atoms with E-state index in [4.69, 9.17) is 4.74 Å². The lowest BCUT2D eigenvalue weighted by Crippen LogP contribution is -2.28. The van der Waals surface area contributed by atoms with E-state index in [0.29, 0.717) is 37.4 Å². The summed E-state index contributed by atoms with van der Waals surface area (Å²) >= 11 is 0. The van der Waals surface area contributed by atoms with Crippen molar-refractivity contribution in [2.45, 2.75) is 13.3 Å². The molecule has 1 heterocycles. The molecule has 1 amide bonds. The molecular weight excluding hydrogens is 352 g/mol. The van der Waals surface area contributed by atoms with Gasteiger partial charge >= 0.3 is 0 Å². The van der Waals surface area contributed by atoms with E-state index < -0.39 is 10.0 Å². The van der Waals surface area contributed by atoms with E-state index in [-0.39, 0.29) is 11.7 Å². The minimum atomic E-state index is -3.20. The second kappa shape index (κ2) is 7.78. The molecule has 1 fully saturated rings. The van der Waals surface area contributed by atoms with Crippen LogP contribution in [0.3, 0.4) is 0 Å². The summed E-state index contributed by atoms with van der Waals surface area (Å²) in [5.41, 5.74) is 2.25. The van der Waals surface area contributed by atoms with Crippen molar-refractivity contribution in [3.63, 3.8) is 0 Å². The van der Waals surface area contributed by atoms with E-state index in [2.05, 4.69) is 5.32 Å². The summed E-state index contributed by atoms with van der Waals surface area (Å²) in [7, 11) is -3.20. The SMILES string of the molecule is Cc1ccc(OCCNC(=O)c2ccc(N3CCCS3(=O)=O)cc2)cc1. The largest absolute Gasteiger partial charge is 0.492 e. The zero-order valence-corrected chi connectivity index (χ0v) is 15.5. The molecule has 7 heteroatoms. The first-order valence-corrected chi connectivity index (χ1v) is 10.1. The number of amides is 1. The van der Waals surface area contributed by atoms with Crippen LogP contribution in [0, 0.1) is 6.92 Å². The van der Waals surface area contributed by atoms with Crippen molar-refractivity contribution in [2.75, 3.05) is 29.8 Å². The highest BCUT2D eigenvalue weighted by molar-refractivity contribution is 7.93. The van der Waals surface area contributed by atoms with Crippen LogP contribution in [0.25, 0.3) is 0 Å². The summed E-state index contributed by atoms with van der Waals surface area (Å²) in [5, 5.41) is 2.79. The van der Waals surface area contributed by atoms with Crippen LogP contribution in [0.1, 0.15) is 22.3 Å². The topological polar surface area (TPSA) is 75.7 Å². The number of nitrogens with one attached hydrogen (secondary N) is 1. The van der Waals surface area contributed by atoms with Crippen LogP contribution < -0.4 is 14.4 Å². The van der Waals surface area contributed by atoms with Crippen molar-refractivity contribution in [2.24, 2.45) is 0 Å². The Labute approximate surface area is 153 Å². The number of rotatable bonds is 6. The van der Waals surface area contributed by atoms with Crippen LogP contribution in [0.2, 0.25) is 0 Å². The molecule has 0 radical (unpaired) electrons. The molecule has 0 atom stereocenters. The average Bonchev–Trinajstić information content (AvgIpc) is 2.99. The number of nitrogens with zero attached hydrogens (tertiary/aromatic N) is 1. The van der Waals surface area contributed by atoms with E-state index in [1.807, 2.05) is 31.2 Å². The highest BCUT2D eigenvalue weighted by atomic mass is 32.2. The van der Waals surface area contributed by atoms with Crippen molar-refractivity contribution in [1.82, 2.24) is 5.32 Å². The third kappa shape index (κ3) is 4.35. The van der Waals surface area contributed by atoms with Crippen LogP contribution in [-0.4, -0.2) is 39.8 Å². The van der Waals surface area contributed by atoms with Crippen LogP contribution in [-0.2, 0) is 10.0 Å². The fraction of sp³-hybridized carbons (Fsp3) is 0.316. The fourth-order valence-corrected chi connectivity index (χ4v) is 4.34. The molecule has 26 heavy (non-hydrogen) atoms. The van der Waals surface area contributed by atoms with Crippen molar-refractivity contribution in [3.05, 3.63) is 59.7 Å². The Hall–Kier alpha value is -2.54. The van der Waals surface area contributed by atoms with E-state index in [1.165, 1.54) is 4.31 Å². The molecule has 0 spiro atoms. The normalized spacial score (nSPS) is 15.7. The van der Waals surface area contributed by atoms with Crippen molar-refractivity contribution >= 4 is 21.6 Å². The molecule has 0 aromatic heterocycles. The van der Waals surface area contributed by atoms with E-state index >= 15 is 0 Å². The second-order valence-corrected chi connectivity index (χ2v) is 8.22. The Bertz CT molecular complexity index is 861. The lowest BCUT2D eigenvalue weighted by molar-refractivity contribution is 0.0947. The van der Waals surface area contributed by atoms with Gasteiger partial charge in [-0.15, -0.1) is 0 Å². The molecule has 2 aromatic rings. The summed E-state index contributed by atoms with van der Waals surface area (Å²) in [6, 6.07) is 14.3. The number of aryl methyl sites for hydroxylation is 1. The highest BCUT2D eigenvalue weighted by Gasteiger charge is 2.28. The number of anilines is 1. The quantitative estimate of drug-likeness (QED) is 0.788. The van der Waals surface area contributed by atoms with Gasteiger partial charge in [0.15, 0.2) is 0 Å². The van der Waals surface area contributed by atoms with Gasteiger partial charge in [0.25, 0.3) is 5.91 Å². The molecule has 138 valence electrons. The van der Waals surface area contributed by atoms with Gasteiger partial charge in [0, 0.05) is 12.1 Å². The van der Waals surface area contributed by atoms with E-state index in [9.17, 15) is 13.2 Å². The van der Waals surface area contributed by atoms with Crippen LogP contribution in [0.5, 0.6) is 5.75 Å². The number of hydrogen-bond acceptors (Lipinski definition) is 4. The predicted molar refractivity (Wildman–Crippen MR) is 101 cm³/mol. The molecular formula is C19H22N2O4S. The lowest BCUT2D eigenvalue weighted by Gasteiger charge is -2.17. The van der Waals surface area contributed by atoms with Crippen LogP contribution in [0.4, 0.5) is 5.69 Å². The minimum Gasteiger partial charge on any atom is -0.492 e.